The first-order valence-corrected chi connectivity index (χ1v) is 16.1. The molecular formula is C30H30ClFN4O4S. The summed E-state index contributed by atoms with van der Waals surface area (Å²) >= 11 is 5.91. The molecular weight excluding hydrogens is 567 g/mol. The molecule has 1 saturated heterocycles. The fourth-order valence-corrected chi connectivity index (χ4v) is 7.14. The van der Waals surface area contributed by atoms with Gasteiger partial charge in [0.15, 0.2) is 9.84 Å². The van der Waals surface area contributed by atoms with Crippen LogP contribution in [-0.2, 0) is 14.6 Å². The van der Waals surface area contributed by atoms with E-state index in [9.17, 15) is 22.9 Å². The molecule has 1 aromatic heterocycles. The molecule has 2 aliphatic carbocycles. The number of carbonyl (C=O) groups excluding carboxylic acids is 1. The Bertz CT molecular complexity index is 1610. The molecule has 2 atom stereocenters. The highest BCUT2D eigenvalue weighted by molar-refractivity contribution is 7.91. The van der Waals surface area contributed by atoms with Crippen molar-refractivity contribution in [3.63, 3.8) is 0 Å². The van der Waals surface area contributed by atoms with E-state index < -0.39 is 21.2 Å². The van der Waals surface area contributed by atoms with Crippen LogP contribution in [0.3, 0.4) is 0 Å². The summed E-state index contributed by atoms with van der Waals surface area (Å²) in [7, 11) is -2.99. The minimum Gasteiger partial charge on any atom is -0.440 e. The summed E-state index contributed by atoms with van der Waals surface area (Å²) < 4.78 is 44.5. The minimum absolute atomic E-state index is 0.00244. The molecule has 3 aliphatic rings. The molecule has 214 valence electrons. The van der Waals surface area contributed by atoms with Crippen molar-refractivity contribution in [3.05, 3.63) is 59.1 Å². The van der Waals surface area contributed by atoms with Crippen LogP contribution in [0.2, 0.25) is 5.02 Å². The maximum atomic E-state index is 14.4. The van der Waals surface area contributed by atoms with Gasteiger partial charge in [0.05, 0.1) is 22.6 Å². The predicted octanol–water partition coefficient (Wildman–Crippen LogP) is 5.48. The van der Waals surface area contributed by atoms with Crippen LogP contribution in [0, 0.1) is 23.1 Å². The van der Waals surface area contributed by atoms with Gasteiger partial charge in [0.2, 0.25) is 11.8 Å². The van der Waals surface area contributed by atoms with Gasteiger partial charge >= 0.3 is 0 Å². The molecule has 3 fully saturated rings. The van der Waals surface area contributed by atoms with Crippen LogP contribution in [0.4, 0.5) is 10.1 Å². The van der Waals surface area contributed by atoms with Crippen LogP contribution < -0.4 is 10.2 Å². The molecule has 2 aromatic carbocycles. The number of hydrogen-bond donors (Lipinski definition) is 1. The summed E-state index contributed by atoms with van der Waals surface area (Å²) in [6, 6.07) is 14.3. The minimum atomic E-state index is -2.99. The lowest BCUT2D eigenvalue weighted by Gasteiger charge is -2.30. The van der Waals surface area contributed by atoms with E-state index in [0.717, 1.165) is 24.1 Å². The largest absolute Gasteiger partial charge is 0.440 e. The van der Waals surface area contributed by atoms with Gasteiger partial charge < -0.3 is 14.6 Å². The van der Waals surface area contributed by atoms with E-state index in [1.165, 1.54) is 12.1 Å². The fraction of sp³-hybridized carbons (Fsp3) is 0.433. The third-order valence-electron chi connectivity index (χ3n) is 8.44. The summed E-state index contributed by atoms with van der Waals surface area (Å²) in [5.74, 6) is -0.331. The molecule has 8 nitrogen and oxygen atoms in total. The fourth-order valence-electron chi connectivity index (χ4n) is 5.82. The predicted molar refractivity (Wildman–Crippen MR) is 154 cm³/mol. The normalized spacial score (nSPS) is 23.0. The average molecular weight is 597 g/mol. The number of halogens is 2. The molecule has 2 heterocycles. The Hall–Kier alpha value is -3.42. The highest BCUT2D eigenvalue weighted by Crippen LogP contribution is 2.45. The van der Waals surface area contributed by atoms with Gasteiger partial charge in [0, 0.05) is 41.7 Å². The monoisotopic (exact) mass is 596 g/mol. The lowest BCUT2D eigenvalue weighted by atomic mass is 9.76. The second-order valence-corrected chi connectivity index (χ2v) is 13.9. The first-order chi connectivity index (χ1) is 19.7. The first-order valence-electron chi connectivity index (χ1n) is 13.9. The molecule has 1 N–H and O–H groups in total. The van der Waals surface area contributed by atoms with Crippen molar-refractivity contribution in [2.24, 2.45) is 5.92 Å². The Morgan fingerprint density at radius 1 is 1.10 bits per heavy atom. The zero-order chi connectivity index (χ0) is 28.8. The van der Waals surface area contributed by atoms with E-state index in [0.29, 0.717) is 55.8 Å². The summed E-state index contributed by atoms with van der Waals surface area (Å²) in [5, 5.41) is 12.5. The number of sulfone groups is 1. The maximum absolute atomic E-state index is 14.4. The lowest BCUT2D eigenvalue weighted by molar-refractivity contribution is -0.127. The number of nitrogens with zero attached hydrogens (tertiary/aromatic N) is 3. The number of oxazole rings is 1. The van der Waals surface area contributed by atoms with Gasteiger partial charge in [-0.05, 0) is 56.0 Å². The van der Waals surface area contributed by atoms with E-state index in [-0.39, 0.29) is 40.2 Å². The summed E-state index contributed by atoms with van der Waals surface area (Å²) in [6.07, 6.45) is 4.50. The van der Waals surface area contributed by atoms with Crippen molar-refractivity contribution >= 4 is 33.0 Å². The van der Waals surface area contributed by atoms with E-state index in [1.54, 1.807) is 6.07 Å². The van der Waals surface area contributed by atoms with Crippen molar-refractivity contribution in [1.29, 1.82) is 5.26 Å². The van der Waals surface area contributed by atoms with E-state index >= 15 is 0 Å². The third kappa shape index (κ3) is 5.70. The Labute approximate surface area is 243 Å². The number of nitriles is 1. The number of nitrogens with one attached hydrogen (secondary N) is 1. The van der Waals surface area contributed by atoms with E-state index in [1.807, 2.05) is 29.2 Å². The van der Waals surface area contributed by atoms with Crippen LogP contribution in [0.25, 0.3) is 22.7 Å². The molecule has 1 aliphatic heterocycles. The van der Waals surface area contributed by atoms with Crippen molar-refractivity contribution in [2.45, 2.75) is 50.0 Å². The smallest absolute Gasteiger partial charge is 0.226 e. The van der Waals surface area contributed by atoms with Gasteiger partial charge in [-0.1, -0.05) is 36.6 Å². The second-order valence-electron chi connectivity index (χ2n) is 11.2. The van der Waals surface area contributed by atoms with Crippen LogP contribution in [-0.4, -0.2) is 49.4 Å². The van der Waals surface area contributed by atoms with Crippen LogP contribution >= 0.6 is 11.6 Å². The summed E-state index contributed by atoms with van der Waals surface area (Å²) in [4.78, 5) is 20.3. The topological polar surface area (TPSA) is 116 Å². The molecule has 0 spiro atoms. The van der Waals surface area contributed by atoms with Crippen molar-refractivity contribution in [3.8, 4) is 28.8 Å². The van der Waals surface area contributed by atoms with Gasteiger partial charge in [-0.15, -0.1) is 0 Å². The zero-order valence-corrected chi connectivity index (χ0v) is 24.0. The first kappa shape index (κ1) is 27.7. The molecule has 0 radical (unpaired) electrons. The highest BCUT2D eigenvalue weighted by atomic mass is 35.5. The zero-order valence-electron chi connectivity index (χ0n) is 22.4. The molecule has 2 saturated carbocycles. The van der Waals surface area contributed by atoms with Crippen molar-refractivity contribution < 1.29 is 22.0 Å². The number of anilines is 1. The number of benzene rings is 2. The number of rotatable bonds is 6. The van der Waals surface area contributed by atoms with Crippen LogP contribution in [0.5, 0.6) is 0 Å². The van der Waals surface area contributed by atoms with Gasteiger partial charge in [0.1, 0.15) is 22.8 Å². The number of aromatic nitrogens is 1. The molecule has 0 unspecified atom stereocenters. The van der Waals surface area contributed by atoms with Gasteiger partial charge in [-0.3, -0.25) is 4.79 Å². The quantitative estimate of drug-likeness (QED) is 0.400. The number of carbonyl (C=O) groups is 1. The second kappa shape index (κ2) is 10.8. The Morgan fingerprint density at radius 3 is 2.44 bits per heavy atom. The standard InChI is InChI=1S/C30H30ClFN4O4S/c31-24-10-7-20(17-25(24)32)29-34-26(19-5-8-21(9-6-19)36-13-15-41(38,39)16-14-36)27(40-29)22-3-1-2-4-23(22)28(37)35-30(18-33)11-12-30/h5-10,17,22-23H,1-4,11-16H2,(H,35,37)/t22-,23-/m1/s1. The Morgan fingerprint density at radius 2 is 1.78 bits per heavy atom. The van der Waals surface area contributed by atoms with E-state index in [2.05, 4.69) is 11.4 Å². The highest BCUT2D eigenvalue weighted by Gasteiger charge is 2.47. The van der Waals surface area contributed by atoms with E-state index in [4.69, 9.17) is 21.0 Å². The van der Waals surface area contributed by atoms with Gasteiger partial charge in [0.25, 0.3) is 0 Å². The van der Waals surface area contributed by atoms with Crippen molar-refractivity contribution in [1.82, 2.24) is 10.3 Å². The third-order valence-corrected chi connectivity index (χ3v) is 10.4. The molecule has 41 heavy (non-hydrogen) atoms. The average Bonchev–Trinajstić information content (AvgIpc) is 3.61. The molecule has 0 bridgehead atoms. The molecule has 1 amide bonds. The Kier molecular flexibility index (Phi) is 7.28. The number of hydrogen-bond acceptors (Lipinski definition) is 7. The molecule has 3 aromatic rings. The Balaban J connectivity index is 1.36. The van der Waals surface area contributed by atoms with Crippen LogP contribution in [0.15, 0.2) is 46.9 Å². The van der Waals surface area contributed by atoms with Crippen LogP contribution in [0.1, 0.15) is 50.2 Å². The van der Waals surface area contributed by atoms with Gasteiger partial charge in [-0.25, -0.2) is 17.8 Å². The number of amides is 1. The van der Waals surface area contributed by atoms with Gasteiger partial charge in [-0.2, -0.15) is 5.26 Å². The SMILES string of the molecule is N#CC1(NC(=O)[C@@H]2CCCC[C@H]2c2oc(-c3ccc(Cl)c(F)c3)nc2-c2ccc(N3CCS(=O)(=O)CC3)cc2)CC1. The maximum Gasteiger partial charge on any atom is 0.226 e. The summed E-state index contributed by atoms with van der Waals surface area (Å²) in [6.45, 7) is 0.873. The summed E-state index contributed by atoms with van der Waals surface area (Å²) in [5.41, 5.74) is 1.94. The molecule has 6 rings (SSSR count). The molecule has 11 heteroatoms. The lowest BCUT2D eigenvalue weighted by Crippen LogP contribution is -2.42. The van der Waals surface area contributed by atoms with Crippen molar-refractivity contribution in [2.75, 3.05) is 29.5 Å².